The van der Waals surface area contributed by atoms with Crippen LogP contribution in [-0.4, -0.2) is 24.5 Å². The molecule has 6 heteroatoms. The number of fused-ring (bicyclic) bond motifs is 1. The quantitative estimate of drug-likeness (QED) is 0.730. The summed E-state index contributed by atoms with van der Waals surface area (Å²) in [6, 6.07) is 17.8. The van der Waals surface area contributed by atoms with Gasteiger partial charge in [0.2, 0.25) is 0 Å². The summed E-state index contributed by atoms with van der Waals surface area (Å²) < 4.78 is 10.9. The van der Waals surface area contributed by atoms with Crippen molar-refractivity contribution in [2.45, 2.75) is 12.5 Å². The Morgan fingerprint density at radius 1 is 1.00 bits per heavy atom. The Kier molecular flexibility index (Phi) is 4.61. The molecule has 3 aromatic rings. The van der Waals surface area contributed by atoms with Gasteiger partial charge in [-0.25, -0.2) is 0 Å². The van der Waals surface area contributed by atoms with Gasteiger partial charge in [0, 0.05) is 17.7 Å². The minimum absolute atomic E-state index is 0.0758. The zero-order chi connectivity index (χ0) is 18.6. The summed E-state index contributed by atoms with van der Waals surface area (Å²) >= 11 is 0. The molecule has 0 radical (unpaired) electrons. The topological polar surface area (TPSA) is 80.6 Å². The predicted octanol–water partition coefficient (Wildman–Crippen LogP) is 3.27. The number of ether oxygens (including phenoxy) is 1. The number of hydrogen-bond donors (Lipinski definition) is 2. The van der Waals surface area contributed by atoms with Gasteiger partial charge in [-0.3, -0.25) is 9.59 Å². The molecule has 1 atom stereocenters. The molecule has 0 spiro atoms. The zero-order valence-electron chi connectivity index (χ0n) is 14.5. The van der Waals surface area contributed by atoms with Crippen LogP contribution in [0.15, 0.2) is 71.3 Å². The number of para-hydroxylation sites is 1. The molecule has 6 nitrogen and oxygen atoms in total. The molecule has 1 aromatic heterocycles. The molecule has 4 rings (SSSR count). The summed E-state index contributed by atoms with van der Waals surface area (Å²) in [6.45, 7) is 0.413. The summed E-state index contributed by atoms with van der Waals surface area (Å²) in [6.07, 6.45) is 2.13. The van der Waals surface area contributed by atoms with Crippen LogP contribution in [-0.2, 0) is 6.42 Å². The van der Waals surface area contributed by atoms with E-state index in [0.717, 1.165) is 17.7 Å². The van der Waals surface area contributed by atoms with Crippen molar-refractivity contribution in [3.8, 4) is 5.75 Å². The van der Waals surface area contributed by atoms with Crippen LogP contribution < -0.4 is 15.4 Å². The molecule has 2 heterocycles. The maximum absolute atomic E-state index is 12.4. The summed E-state index contributed by atoms with van der Waals surface area (Å²) in [5.74, 6) is 0.500. The van der Waals surface area contributed by atoms with Crippen molar-refractivity contribution in [3.63, 3.8) is 0 Å². The molecule has 2 amide bonds. The number of benzene rings is 2. The summed E-state index contributed by atoms with van der Waals surface area (Å²) in [5.41, 5.74) is 2.13. The van der Waals surface area contributed by atoms with Crippen molar-refractivity contribution < 1.29 is 18.7 Å². The SMILES string of the molecule is O=C(NC[C@@H]1Cc2ccccc2O1)c1cccc(NC(=O)c2ccco2)c1. The monoisotopic (exact) mass is 362 g/mol. The number of nitrogens with one attached hydrogen (secondary N) is 2. The van der Waals surface area contributed by atoms with Crippen LogP contribution in [0.3, 0.4) is 0 Å². The zero-order valence-corrected chi connectivity index (χ0v) is 14.5. The van der Waals surface area contributed by atoms with Crippen LogP contribution in [0.5, 0.6) is 5.75 Å². The molecule has 0 bridgehead atoms. The van der Waals surface area contributed by atoms with Gasteiger partial charge >= 0.3 is 0 Å². The van der Waals surface area contributed by atoms with Gasteiger partial charge in [0.15, 0.2) is 5.76 Å². The lowest BCUT2D eigenvalue weighted by atomic mass is 10.1. The van der Waals surface area contributed by atoms with E-state index >= 15 is 0 Å². The highest BCUT2D eigenvalue weighted by Gasteiger charge is 2.22. The molecule has 136 valence electrons. The number of furan rings is 1. The van der Waals surface area contributed by atoms with Gasteiger partial charge in [-0.2, -0.15) is 0 Å². The molecule has 2 N–H and O–H groups in total. The Bertz CT molecular complexity index is 941. The lowest BCUT2D eigenvalue weighted by Gasteiger charge is -2.12. The first kappa shape index (κ1) is 16.9. The molecular weight excluding hydrogens is 344 g/mol. The molecule has 0 saturated heterocycles. The average Bonchev–Trinajstić information content (AvgIpc) is 3.35. The Balaban J connectivity index is 1.35. The van der Waals surface area contributed by atoms with Gasteiger partial charge in [0.25, 0.3) is 11.8 Å². The summed E-state index contributed by atoms with van der Waals surface area (Å²) in [4.78, 5) is 24.5. The highest BCUT2D eigenvalue weighted by molar-refractivity contribution is 6.03. The minimum Gasteiger partial charge on any atom is -0.488 e. The Labute approximate surface area is 156 Å². The molecule has 2 aromatic carbocycles. The first-order valence-corrected chi connectivity index (χ1v) is 8.67. The third kappa shape index (κ3) is 3.84. The van der Waals surface area contributed by atoms with Crippen molar-refractivity contribution in [2.75, 3.05) is 11.9 Å². The van der Waals surface area contributed by atoms with Gasteiger partial charge in [-0.1, -0.05) is 24.3 Å². The van der Waals surface area contributed by atoms with E-state index in [-0.39, 0.29) is 23.7 Å². The largest absolute Gasteiger partial charge is 0.488 e. The third-order valence-corrected chi connectivity index (χ3v) is 4.33. The Morgan fingerprint density at radius 3 is 2.70 bits per heavy atom. The maximum Gasteiger partial charge on any atom is 0.291 e. The van der Waals surface area contributed by atoms with E-state index in [4.69, 9.17) is 9.15 Å². The van der Waals surface area contributed by atoms with E-state index in [1.807, 2.05) is 24.3 Å². The molecule has 0 aliphatic carbocycles. The third-order valence-electron chi connectivity index (χ3n) is 4.33. The van der Waals surface area contributed by atoms with Crippen LogP contribution in [0.2, 0.25) is 0 Å². The van der Waals surface area contributed by atoms with Crippen LogP contribution in [0.1, 0.15) is 26.5 Å². The fourth-order valence-electron chi connectivity index (χ4n) is 3.02. The van der Waals surface area contributed by atoms with Gasteiger partial charge in [-0.15, -0.1) is 0 Å². The molecule has 0 unspecified atom stereocenters. The number of amides is 2. The average molecular weight is 362 g/mol. The standard InChI is InChI=1S/C21H18N2O4/c24-20(22-13-17-12-14-5-1-2-8-18(14)27-17)15-6-3-7-16(11-15)23-21(25)19-9-4-10-26-19/h1-11,17H,12-13H2,(H,22,24)(H,23,25)/t17-/m0/s1. The van der Waals surface area contributed by atoms with Crippen LogP contribution in [0.4, 0.5) is 5.69 Å². The second-order valence-electron chi connectivity index (χ2n) is 6.27. The number of carbonyl (C=O) groups excluding carboxylic acids is 2. The van der Waals surface area contributed by atoms with E-state index < -0.39 is 0 Å². The second-order valence-corrected chi connectivity index (χ2v) is 6.27. The van der Waals surface area contributed by atoms with Crippen molar-refractivity contribution in [2.24, 2.45) is 0 Å². The van der Waals surface area contributed by atoms with Crippen LogP contribution in [0.25, 0.3) is 0 Å². The van der Waals surface area contributed by atoms with E-state index in [0.29, 0.717) is 17.8 Å². The predicted molar refractivity (Wildman–Crippen MR) is 100.0 cm³/mol. The van der Waals surface area contributed by atoms with Crippen LogP contribution >= 0.6 is 0 Å². The lowest BCUT2D eigenvalue weighted by molar-refractivity contribution is 0.0932. The fraction of sp³-hybridized carbons (Fsp3) is 0.143. The van der Waals surface area contributed by atoms with Gasteiger partial charge < -0.3 is 19.8 Å². The highest BCUT2D eigenvalue weighted by Crippen LogP contribution is 2.27. The van der Waals surface area contributed by atoms with Crippen molar-refractivity contribution in [1.82, 2.24) is 5.32 Å². The van der Waals surface area contributed by atoms with Gasteiger partial charge in [0.05, 0.1) is 12.8 Å². The van der Waals surface area contributed by atoms with Crippen molar-refractivity contribution in [1.29, 1.82) is 0 Å². The lowest BCUT2D eigenvalue weighted by Crippen LogP contribution is -2.34. The van der Waals surface area contributed by atoms with E-state index in [9.17, 15) is 9.59 Å². The molecule has 27 heavy (non-hydrogen) atoms. The summed E-state index contributed by atoms with van der Waals surface area (Å²) in [5, 5.41) is 5.60. The fourth-order valence-corrected chi connectivity index (χ4v) is 3.02. The molecular formula is C21H18N2O4. The summed E-state index contributed by atoms with van der Waals surface area (Å²) in [7, 11) is 0. The van der Waals surface area contributed by atoms with E-state index in [1.165, 1.54) is 6.26 Å². The van der Waals surface area contributed by atoms with Crippen molar-refractivity contribution >= 4 is 17.5 Å². The normalized spacial score (nSPS) is 14.9. The number of anilines is 1. The number of carbonyl (C=O) groups is 2. The number of rotatable bonds is 5. The molecule has 0 fully saturated rings. The smallest absolute Gasteiger partial charge is 0.291 e. The second kappa shape index (κ2) is 7.37. The van der Waals surface area contributed by atoms with E-state index in [2.05, 4.69) is 10.6 Å². The highest BCUT2D eigenvalue weighted by atomic mass is 16.5. The van der Waals surface area contributed by atoms with Gasteiger partial charge in [-0.05, 0) is 42.0 Å². The molecule has 1 aliphatic heterocycles. The molecule has 0 saturated carbocycles. The van der Waals surface area contributed by atoms with Gasteiger partial charge in [0.1, 0.15) is 11.9 Å². The first-order valence-electron chi connectivity index (χ1n) is 8.67. The Hall–Kier alpha value is -3.54. The first-order chi connectivity index (χ1) is 13.2. The maximum atomic E-state index is 12.4. The van der Waals surface area contributed by atoms with E-state index in [1.54, 1.807) is 36.4 Å². The van der Waals surface area contributed by atoms with Crippen LogP contribution in [0, 0.1) is 0 Å². The minimum atomic E-state index is -0.366. The number of hydrogen-bond acceptors (Lipinski definition) is 4. The van der Waals surface area contributed by atoms with Crippen molar-refractivity contribution in [3.05, 3.63) is 83.8 Å². The molecule has 1 aliphatic rings. The Morgan fingerprint density at radius 2 is 1.89 bits per heavy atom.